The normalized spacial score (nSPS) is 11.7. The van der Waals surface area contributed by atoms with Crippen molar-refractivity contribution in [3.05, 3.63) is 194 Å². The molecule has 0 saturated heterocycles. The van der Waals surface area contributed by atoms with E-state index in [4.69, 9.17) is 4.42 Å². The quantitative estimate of drug-likeness (QED) is 0.160. The molecule has 11 aromatic rings. The lowest BCUT2D eigenvalue weighted by Gasteiger charge is -2.27. The summed E-state index contributed by atoms with van der Waals surface area (Å²) in [5.74, 6) is 0. The Morgan fingerprint density at radius 2 is 0.889 bits per heavy atom. The van der Waals surface area contributed by atoms with Crippen LogP contribution in [0.15, 0.2) is 199 Å². The van der Waals surface area contributed by atoms with Crippen molar-refractivity contribution in [3.63, 3.8) is 0 Å². The van der Waals surface area contributed by atoms with E-state index < -0.39 is 0 Å². The predicted molar refractivity (Wildman–Crippen MR) is 231 cm³/mol. The minimum Gasteiger partial charge on any atom is -0.456 e. The van der Waals surface area contributed by atoms with Gasteiger partial charge in [-0.15, -0.1) is 11.3 Å². The number of anilines is 6. The van der Waals surface area contributed by atoms with Crippen molar-refractivity contribution in [1.29, 1.82) is 0 Å². The van der Waals surface area contributed by atoms with Gasteiger partial charge in [0.25, 0.3) is 0 Å². The van der Waals surface area contributed by atoms with Gasteiger partial charge in [-0.05, 0) is 101 Å². The Bertz CT molecular complexity index is 3180. The second-order valence-electron chi connectivity index (χ2n) is 13.7. The molecule has 0 N–H and O–H groups in total. The lowest BCUT2D eigenvalue weighted by Crippen LogP contribution is -2.10. The fourth-order valence-corrected chi connectivity index (χ4v) is 9.22. The molecule has 54 heavy (non-hydrogen) atoms. The Labute approximate surface area is 316 Å². The maximum Gasteiger partial charge on any atom is 0.137 e. The number of fused-ring (bicyclic) bond motifs is 9. The molecule has 2 aromatic heterocycles. The average Bonchev–Trinajstić information content (AvgIpc) is 3.79. The van der Waals surface area contributed by atoms with Crippen molar-refractivity contribution in [2.75, 3.05) is 9.80 Å². The van der Waals surface area contributed by atoms with Crippen LogP contribution in [0.2, 0.25) is 0 Å². The highest BCUT2D eigenvalue weighted by molar-refractivity contribution is 7.25. The third-order valence-electron chi connectivity index (χ3n) is 10.6. The SMILES string of the molecule is c1ccc(N(c2ccc3c(c2)oc2ccc(N(c4ccccc4)c4cc5ccccc5c5ccccc45)cc23)c2ccc3sc4ccccc4c3c2)cc1. The van der Waals surface area contributed by atoms with Gasteiger partial charge in [0.15, 0.2) is 0 Å². The van der Waals surface area contributed by atoms with E-state index in [0.29, 0.717) is 0 Å². The van der Waals surface area contributed by atoms with Gasteiger partial charge in [0.1, 0.15) is 11.2 Å². The van der Waals surface area contributed by atoms with E-state index in [0.717, 1.165) is 56.1 Å². The highest BCUT2D eigenvalue weighted by Crippen LogP contribution is 2.45. The van der Waals surface area contributed by atoms with Crippen molar-refractivity contribution >= 4 is 109 Å². The molecule has 0 unspecified atom stereocenters. The van der Waals surface area contributed by atoms with Gasteiger partial charge >= 0.3 is 0 Å². The van der Waals surface area contributed by atoms with E-state index in [9.17, 15) is 0 Å². The average molecular weight is 709 g/mol. The number of furan rings is 1. The molecule has 0 radical (unpaired) electrons. The molecule has 0 atom stereocenters. The van der Waals surface area contributed by atoms with Crippen LogP contribution in [0.25, 0.3) is 63.7 Å². The Kier molecular flexibility index (Phi) is 7.04. The summed E-state index contributed by atoms with van der Waals surface area (Å²) >= 11 is 1.84. The molecule has 9 aromatic carbocycles. The lowest BCUT2D eigenvalue weighted by molar-refractivity contribution is 0.669. The summed E-state index contributed by atoms with van der Waals surface area (Å²) in [5, 5.41) is 9.64. The van der Waals surface area contributed by atoms with Crippen LogP contribution in [0, 0.1) is 0 Å². The number of thiophene rings is 1. The van der Waals surface area contributed by atoms with Crippen LogP contribution < -0.4 is 9.80 Å². The van der Waals surface area contributed by atoms with E-state index >= 15 is 0 Å². The van der Waals surface area contributed by atoms with Gasteiger partial charge in [0, 0.05) is 70.8 Å². The lowest BCUT2D eigenvalue weighted by atomic mass is 9.99. The number of para-hydroxylation sites is 2. The summed E-state index contributed by atoms with van der Waals surface area (Å²) in [7, 11) is 0. The highest BCUT2D eigenvalue weighted by atomic mass is 32.1. The molecule has 4 heteroatoms. The molecule has 0 spiro atoms. The number of nitrogens with zero attached hydrogens (tertiary/aromatic N) is 2. The van der Waals surface area contributed by atoms with Crippen molar-refractivity contribution in [1.82, 2.24) is 0 Å². The molecule has 0 fully saturated rings. The van der Waals surface area contributed by atoms with Gasteiger partial charge in [0.2, 0.25) is 0 Å². The van der Waals surface area contributed by atoms with E-state index in [1.165, 1.54) is 41.7 Å². The van der Waals surface area contributed by atoms with Crippen molar-refractivity contribution < 1.29 is 4.42 Å². The van der Waals surface area contributed by atoms with Crippen LogP contribution in [-0.4, -0.2) is 0 Å². The molecule has 3 nitrogen and oxygen atoms in total. The number of benzene rings is 9. The van der Waals surface area contributed by atoms with Gasteiger partial charge < -0.3 is 14.2 Å². The third kappa shape index (κ3) is 4.96. The van der Waals surface area contributed by atoms with Gasteiger partial charge in [-0.25, -0.2) is 0 Å². The Morgan fingerprint density at radius 1 is 0.315 bits per heavy atom. The molecular weight excluding hydrogens is 677 g/mol. The van der Waals surface area contributed by atoms with Crippen LogP contribution in [0.5, 0.6) is 0 Å². The maximum absolute atomic E-state index is 6.66. The minimum atomic E-state index is 0.852. The summed E-state index contributed by atoms with van der Waals surface area (Å²) in [5.41, 5.74) is 8.26. The first-order chi connectivity index (χ1) is 26.8. The van der Waals surface area contributed by atoms with Crippen LogP contribution >= 0.6 is 11.3 Å². The van der Waals surface area contributed by atoms with Crippen LogP contribution in [-0.2, 0) is 0 Å². The predicted octanol–water partition coefficient (Wildman–Crippen LogP) is 15.2. The Balaban J connectivity index is 1.07. The Morgan fingerprint density at radius 3 is 1.70 bits per heavy atom. The molecule has 0 aliphatic rings. The molecule has 0 bridgehead atoms. The first-order valence-electron chi connectivity index (χ1n) is 18.3. The Hall–Kier alpha value is -6.88. The van der Waals surface area contributed by atoms with Crippen molar-refractivity contribution in [2.24, 2.45) is 0 Å². The second kappa shape index (κ2) is 12.4. The minimum absolute atomic E-state index is 0.852. The molecule has 2 heterocycles. The van der Waals surface area contributed by atoms with E-state index in [2.05, 4.69) is 204 Å². The third-order valence-corrected chi connectivity index (χ3v) is 11.7. The summed E-state index contributed by atoms with van der Waals surface area (Å²) in [6.07, 6.45) is 0. The highest BCUT2D eigenvalue weighted by Gasteiger charge is 2.20. The molecule has 254 valence electrons. The number of hydrogen-bond donors (Lipinski definition) is 0. The summed E-state index contributed by atoms with van der Waals surface area (Å²) in [6, 6.07) is 69.6. The number of hydrogen-bond acceptors (Lipinski definition) is 4. The van der Waals surface area contributed by atoms with Crippen molar-refractivity contribution in [2.45, 2.75) is 0 Å². The van der Waals surface area contributed by atoms with Gasteiger partial charge in [-0.2, -0.15) is 0 Å². The fourth-order valence-electron chi connectivity index (χ4n) is 8.13. The van der Waals surface area contributed by atoms with Crippen molar-refractivity contribution in [3.8, 4) is 0 Å². The molecule has 11 rings (SSSR count). The van der Waals surface area contributed by atoms with E-state index in [-0.39, 0.29) is 0 Å². The van der Waals surface area contributed by atoms with E-state index in [1.54, 1.807) is 0 Å². The van der Waals surface area contributed by atoms with Crippen LogP contribution in [0.4, 0.5) is 34.1 Å². The smallest absolute Gasteiger partial charge is 0.137 e. The zero-order chi connectivity index (χ0) is 35.6. The van der Waals surface area contributed by atoms with Crippen LogP contribution in [0.3, 0.4) is 0 Å². The molecular formula is C50H32N2OS. The number of rotatable bonds is 6. The topological polar surface area (TPSA) is 19.6 Å². The maximum atomic E-state index is 6.66. The molecule has 0 saturated carbocycles. The monoisotopic (exact) mass is 708 g/mol. The summed E-state index contributed by atoms with van der Waals surface area (Å²) in [4.78, 5) is 4.70. The van der Waals surface area contributed by atoms with Gasteiger partial charge in [0.05, 0.1) is 5.69 Å². The second-order valence-corrected chi connectivity index (χ2v) is 14.8. The van der Waals surface area contributed by atoms with Crippen LogP contribution in [0.1, 0.15) is 0 Å². The first kappa shape index (κ1) is 30.7. The zero-order valence-electron chi connectivity index (χ0n) is 29.2. The summed E-state index contributed by atoms with van der Waals surface area (Å²) < 4.78 is 9.25. The molecule has 0 aliphatic heterocycles. The summed E-state index contributed by atoms with van der Waals surface area (Å²) in [6.45, 7) is 0. The fraction of sp³-hybridized carbons (Fsp3) is 0. The standard InChI is InChI=1S/C50H32N2OS/c1-3-14-34(15-4-1)51(36-25-28-50-45(31-36)43-21-11-12-22-49(43)54-50)38-23-26-42-44-30-37(24-27-47(44)53-48(42)32-38)52(35-16-5-2-6-17-35)46-29-33-13-7-8-18-39(33)40-19-9-10-20-41(40)46/h1-32H. The van der Waals surface area contributed by atoms with E-state index in [1.807, 2.05) is 11.3 Å². The van der Waals surface area contributed by atoms with Gasteiger partial charge in [-0.1, -0.05) is 103 Å². The largest absolute Gasteiger partial charge is 0.456 e. The molecule has 0 amide bonds. The van der Waals surface area contributed by atoms with Gasteiger partial charge in [-0.3, -0.25) is 0 Å². The first-order valence-corrected chi connectivity index (χ1v) is 19.1. The zero-order valence-corrected chi connectivity index (χ0v) is 30.0. The molecule has 0 aliphatic carbocycles.